The largest absolute Gasteiger partial charge is 0.497 e. The molecule has 0 unspecified atom stereocenters. The summed E-state index contributed by atoms with van der Waals surface area (Å²) in [5.41, 5.74) is 4.82. The first-order chi connectivity index (χ1) is 9.99. The second kappa shape index (κ2) is 6.31. The van der Waals surface area contributed by atoms with E-state index in [4.69, 9.17) is 4.74 Å². The van der Waals surface area contributed by atoms with E-state index >= 15 is 0 Å². The molecule has 0 aromatic heterocycles. The first-order valence-corrected chi connectivity index (χ1v) is 6.79. The molecule has 0 fully saturated rings. The molecular weight excluding hydrogens is 264 g/mol. The summed E-state index contributed by atoms with van der Waals surface area (Å²) in [6, 6.07) is 11.1. The van der Waals surface area contributed by atoms with Gasteiger partial charge in [-0.05, 0) is 44.0 Å². The van der Waals surface area contributed by atoms with Gasteiger partial charge in [-0.25, -0.2) is 4.79 Å². The van der Waals surface area contributed by atoms with Crippen molar-refractivity contribution in [3.05, 3.63) is 53.1 Å². The van der Waals surface area contributed by atoms with Gasteiger partial charge in [-0.2, -0.15) is 0 Å². The average molecular weight is 284 g/mol. The number of methoxy groups -OCH3 is 1. The first kappa shape index (κ1) is 14.9. The number of hydrogen-bond acceptors (Lipinski definition) is 2. The van der Waals surface area contributed by atoms with Crippen LogP contribution in [0, 0.1) is 20.8 Å². The smallest absolute Gasteiger partial charge is 0.323 e. The van der Waals surface area contributed by atoms with Crippen molar-refractivity contribution in [2.45, 2.75) is 20.8 Å². The molecule has 2 rings (SSSR count). The summed E-state index contributed by atoms with van der Waals surface area (Å²) in [5, 5.41) is 5.70. The fraction of sp³-hybridized carbons (Fsp3) is 0.235. The number of carbonyl (C=O) groups excluding carboxylic acids is 1. The number of nitrogens with one attached hydrogen (secondary N) is 2. The molecule has 2 amide bonds. The molecule has 4 nitrogen and oxygen atoms in total. The van der Waals surface area contributed by atoms with Gasteiger partial charge in [0.05, 0.1) is 7.11 Å². The third kappa shape index (κ3) is 3.75. The van der Waals surface area contributed by atoms with Crippen LogP contribution in [0.4, 0.5) is 16.2 Å². The fourth-order valence-corrected chi connectivity index (χ4v) is 2.35. The number of benzene rings is 2. The van der Waals surface area contributed by atoms with E-state index in [1.807, 2.05) is 51.1 Å². The van der Waals surface area contributed by atoms with Gasteiger partial charge in [0.2, 0.25) is 0 Å². The Hall–Kier alpha value is -2.49. The molecule has 4 heteroatoms. The van der Waals surface area contributed by atoms with E-state index in [0.29, 0.717) is 11.4 Å². The molecule has 2 aromatic carbocycles. The van der Waals surface area contributed by atoms with Gasteiger partial charge in [-0.3, -0.25) is 0 Å². The zero-order valence-electron chi connectivity index (χ0n) is 12.8. The predicted octanol–water partition coefficient (Wildman–Crippen LogP) is 4.26. The third-order valence-electron chi connectivity index (χ3n) is 3.24. The quantitative estimate of drug-likeness (QED) is 0.884. The summed E-state index contributed by atoms with van der Waals surface area (Å²) in [6.07, 6.45) is 0. The standard InChI is InChI=1S/C17H20N2O2/c1-11-8-12(2)16(13(3)9-11)19-17(20)18-14-6-5-7-15(10-14)21-4/h5-10H,1-4H3,(H2,18,19,20). The molecule has 110 valence electrons. The van der Waals surface area contributed by atoms with Crippen LogP contribution in [0.2, 0.25) is 0 Å². The van der Waals surface area contributed by atoms with Crippen molar-refractivity contribution in [3.63, 3.8) is 0 Å². The summed E-state index contributed by atoms with van der Waals surface area (Å²) in [6.45, 7) is 6.02. The Morgan fingerprint density at radius 3 is 2.29 bits per heavy atom. The molecule has 0 bridgehead atoms. The van der Waals surface area contributed by atoms with Crippen molar-refractivity contribution >= 4 is 17.4 Å². The molecule has 0 aliphatic heterocycles. The van der Waals surface area contributed by atoms with Crippen molar-refractivity contribution in [1.29, 1.82) is 0 Å². The second-order valence-electron chi connectivity index (χ2n) is 5.08. The van der Waals surface area contributed by atoms with Gasteiger partial charge < -0.3 is 15.4 Å². The number of carbonyl (C=O) groups is 1. The lowest BCUT2D eigenvalue weighted by Crippen LogP contribution is -2.20. The van der Waals surface area contributed by atoms with Crippen molar-refractivity contribution in [2.24, 2.45) is 0 Å². The van der Waals surface area contributed by atoms with Crippen LogP contribution in [0.5, 0.6) is 5.75 Å². The minimum Gasteiger partial charge on any atom is -0.497 e. The highest BCUT2D eigenvalue weighted by Crippen LogP contribution is 2.22. The van der Waals surface area contributed by atoms with Gasteiger partial charge >= 0.3 is 6.03 Å². The maximum absolute atomic E-state index is 12.1. The van der Waals surface area contributed by atoms with Crippen LogP contribution < -0.4 is 15.4 Å². The van der Waals surface area contributed by atoms with E-state index in [0.717, 1.165) is 16.8 Å². The topological polar surface area (TPSA) is 50.4 Å². The molecule has 0 radical (unpaired) electrons. The monoisotopic (exact) mass is 284 g/mol. The Balaban J connectivity index is 2.12. The maximum Gasteiger partial charge on any atom is 0.323 e. The Morgan fingerprint density at radius 1 is 1.00 bits per heavy atom. The number of ether oxygens (including phenoxy) is 1. The molecule has 2 N–H and O–H groups in total. The second-order valence-corrected chi connectivity index (χ2v) is 5.08. The number of aryl methyl sites for hydroxylation is 3. The maximum atomic E-state index is 12.1. The third-order valence-corrected chi connectivity index (χ3v) is 3.24. The minimum atomic E-state index is -0.265. The Bertz CT molecular complexity index is 643. The van der Waals surface area contributed by atoms with Crippen LogP contribution in [0.3, 0.4) is 0 Å². The van der Waals surface area contributed by atoms with Crippen molar-refractivity contribution in [3.8, 4) is 5.75 Å². The molecule has 2 aromatic rings. The van der Waals surface area contributed by atoms with Crippen LogP contribution >= 0.6 is 0 Å². The van der Waals surface area contributed by atoms with Gasteiger partial charge in [0.25, 0.3) is 0 Å². The summed E-state index contributed by atoms with van der Waals surface area (Å²) in [5.74, 6) is 0.704. The molecule has 21 heavy (non-hydrogen) atoms. The lowest BCUT2D eigenvalue weighted by atomic mass is 10.1. The van der Waals surface area contributed by atoms with Crippen molar-refractivity contribution < 1.29 is 9.53 Å². The Kier molecular flexibility index (Phi) is 4.48. The normalized spacial score (nSPS) is 10.1. The first-order valence-electron chi connectivity index (χ1n) is 6.79. The average Bonchev–Trinajstić information content (AvgIpc) is 2.43. The Labute approximate surface area is 125 Å². The summed E-state index contributed by atoms with van der Waals surface area (Å²) in [7, 11) is 1.60. The van der Waals surface area contributed by atoms with E-state index in [2.05, 4.69) is 10.6 Å². The molecule has 0 spiro atoms. The highest BCUT2D eigenvalue weighted by molar-refractivity contribution is 6.00. The van der Waals surface area contributed by atoms with Gasteiger partial charge in [0.1, 0.15) is 5.75 Å². The number of rotatable bonds is 3. The van der Waals surface area contributed by atoms with E-state index in [1.165, 1.54) is 5.56 Å². The number of hydrogen-bond donors (Lipinski definition) is 2. The summed E-state index contributed by atoms with van der Waals surface area (Å²) >= 11 is 0. The zero-order chi connectivity index (χ0) is 15.4. The lowest BCUT2D eigenvalue weighted by molar-refractivity contribution is 0.262. The van der Waals surface area contributed by atoms with Gasteiger partial charge in [0.15, 0.2) is 0 Å². The predicted molar refractivity (Wildman–Crippen MR) is 86.3 cm³/mol. The lowest BCUT2D eigenvalue weighted by Gasteiger charge is -2.14. The van der Waals surface area contributed by atoms with E-state index in [-0.39, 0.29) is 6.03 Å². The summed E-state index contributed by atoms with van der Waals surface area (Å²) in [4.78, 5) is 12.1. The van der Waals surface area contributed by atoms with Crippen LogP contribution in [0.1, 0.15) is 16.7 Å². The minimum absolute atomic E-state index is 0.265. The molecule has 0 aliphatic carbocycles. The highest BCUT2D eigenvalue weighted by atomic mass is 16.5. The van der Waals surface area contributed by atoms with E-state index < -0.39 is 0 Å². The number of urea groups is 1. The van der Waals surface area contributed by atoms with Crippen LogP contribution in [-0.4, -0.2) is 13.1 Å². The van der Waals surface area contributed by atoms with Crippen molar-refractivity contribution in [2.75, 3.05) is 17.7 Å². The Morgan fingerprint density at radius 2 is 1.67 bits per heavy atom. The van der Waals surface area contributed by atoms with Crippen LogP contribution in [-0.2, 0) is 0 Å². The van der Waals surface area contributed by atoms with E-state index in [1.54, 1.807) is 13.2 Å². The fourth-order valence-electron chi connectivity index (χ4n) is 2.35. The molecule has 0 heterocycles. The summed E-state index contributed by atoms with van der Waals surface area (Å²) < 4.78 is 5.13. The molecule has 0 saturated heterocycles. The molecule has 0 aliphatic rings. The van der Waals surface area contributed by atoms with E-state index in [9.17, 15) is 4.79 Å². The molecule has 0 atom stereocenters. The van der Waals surface area contributed by atoms with Gasteiger partial charge in [-0.1, -0.05) is 23.8 Å². The SMILES string of the molecule is COc1cccc(NC(=O)Nc2c(C)cc(C)cc2C)c1. The molecule has 0 saturated carbocycles. The van der Waals surface area contributed by atoms with Crippen molar-refractivity contribution in [1.82, 2.24) is 0 Å². The molecular formula is C17H20N2O2. The van der Waals surface area contributed by atoms with Gasteiger partial charge in [-0.15, -0.1) is 0 Å². The highest BCUT2D eigenvalue weighted by Gasteiger charge is 2.08. The van der Waals surface area contributed by atoms with Gasteiger partial charge in [0, 0.05) is 17.4 Å². The van der Waals surface area contributed by atoms with Crippen LogP contribution in [0.25, 0.3) is 0 Å². The zero-order valence-corrected chi connectivity index (χ0v) is 12.8. The van der Waals surface area contributed by atoms with Crippen LogP contribution in [0.15, 0.2) is 36.4 Å². The number of anilines is 2. The number of amides is 2.